The molecule has 1 heterocycles. The summed E-state index contributed by atoms with van der Waals surface area (Å²) in [6, 6.07) is 0.767. The van der Waals surface area contributed by atoms with Crippen LogP contribution < -0.4 is 5.32 Å². The van der Waals surface area contributed by atoms with Crippen molar-refractivity contribution in [3.8, 4) is 12.3 Å². The summed E-state index contributed by atoms with van der Waals surface area (Å²) < 4.78 is 5.78. The minimum atomic E-state index is 0.232. The molecular weight excluding hydrogens is 198 g/mol. The predicted molar refractivity (Wildman–Crippen MR) is 66.1 cm³/mol. The molecule has 1 aliphatic carbocycles. The lowest BCUT2D eigenvalue weighted by Gasteiger charge is -2.55. The van der Waals surface area contributed by atoms with E-state index in [2.05, 4.69) is 32.0 Å². The summed E-state index contributed by atoms with van der Waals surface area (Å²) in [4.78, 5) is 0. The molecule has 0 spiro atoms. The number of fused-ring (bicyclic) bond motifs is 1. The number of rotatable bonds is 4. The molecule has 90 valence electrons. The predicted octanol–water partition coefficient (Wildman–Crippen LogP) is 2.19. The van der Waals surface area contributed by atoms with Gasteiger partial charge < -0.3 is 4.74 Å². The quantitative estimate of drug-likeness (QED) is 0.735. The minimum Gasteiger partial charge on any atom is -0.377 e. The van der Waals surface area contributed by atoms with Gasteiger partial charge in [-0.05, 0) is 12.8 Å². The van der Waals surface area contributed by atoms with Gasteiger partial charge in [-0.2, -0.15) is 0 Å². The van der Waals surface area contributed by atoms with Crippen molar-refractivity contribution in [3.63, 3.8) is 0 Å². The molecule has 1 aliphatic heterocycles. The van der Waals surface area contributed by atoms with Crippen molar-refractivity contribution in [2.75, 3.05) is 6.61 Å². The fourth-order valence-electron chi connectivity index (χ4n) is 3.38. The Morgan fingerprint density at radius 3 is 2.94 bits per heavy atom. The van der Waals surface area contributed by atoms with Crippen LogP contribution in [0.5, 0.6) is 0 Å². The topological polar surface area (TPSA) is 21.3 Å². The van der Waals surface area contributed by atoms with Gasteiger partial charge in [0.15, 0.2) is 0 Å². The Kier molecular flexibility index (Phi) is 3.28. The van der Waals surface area contributed by atoms with Gasteiger partial charge in [-0.15, -0.1) is 6.42 Å². The molecule has 0 radical (unpaired) electrons. The van der Waals surface area contributed by atoms with Crippen molar-refractivity contribution < 1.29 is 4.74 Å². The monoisotopic (exact) mass is 221 g/mol. The molecule has 2 rings (SSSR count). The molecule has 4 atom stereocenters. The Morgan fingerprint density at radius 1 is 1.56 bits per heavy atom. The Hall–Kier alpha value is -0.520. The molecule has 0 aromatic heterocycles. The van der Waals surface area contributed by atoms with Crippen LogP contribution in [0.1, 0.15) is 40.0 Å². The lowest BCUT2D eigenvalue weighted by atomic mass is 9.57. The zero-order chi connectivity index (χ0) is 11.8. The molecule has 0 bridgehead atoms. The summed E-state index contributed by atoms with van der Waals surface area (Å²) in [5.74, 6) is 3.55. The van der Waals surface area contributed by atoms with Crippen molar-refractivity contribution in [2.45, 2.75) is 58.2 Å². The van der Waals surface area contributed by atoms with Gasteiger partial charge in [-0.25, -0.2) is 0 Å². The molecule has 16 heavy (non-hydrogen) atoms. The second-order valence-corrected chi connectivity index (χ2v) is 5.72. The maximum Gasteiger partial charge on any atom is 0.0689 e. The van der Waals surface area contributed by atoms with Crippen LogP contribution in [0.2, 0.25) is 0 Å². The van der Waals surface area contributed by atoms with Crippen molar-refractivity contribution in [1.82, 2.24) is 5.32 Å². The van der Waals surface area contributed by atoms with Gasteiger partial charge in [0.1, 0.15) is 0 Å². The van der Waals surface area contributed by atoms with E-state index in [0.717, 1.165) is 19.4 Å². The summed E-state index contributed by atoms with van der Waals surface area (Å²) in [7, 11) is 0. The molecule has 0 amide bonds. The number of hydrogen-bond acceptors (Lipinski definition) is 2. The highest BCUT2D eigenvalue weighted by Crippen LogP contribution is 2.52. The lowest BCUT2D eigenvalue weighted by Crippen LogP contribution is -2.67. The highest BCUT2D eigenvalue weighted by atomic mass is 16.5. The molecule has 0 aromatic rings. The van der Waals surface area contributed by atoms with E-state index in [1.54, 1.807) is 0 Å². The highest BCUT2D eigenvalue weighted by molar-refractivity contribution is 5.14. The molecular formula is C14H23NO. The summed E-state index contributed by atoms with van der Waals surface area (Å²) in [6.45, 7) is 7.68. The minimum absolute atomic E-state index is 0.232. The summed E-state index contributed by atoms with van der Waals surface area (Å²) >= 11 is 0. The zero-order valence-electron chi connectivity index (χ0n) is 10.6. The first kappa shape index (κ1) is 12.0. The Balaban J connectivity index is 1.97. The first-order chi connectivity index (χ1) is 7.61. The van der Waals surface area contributed by atoms with Crippen LogP contribution in [0.4, 0.5) is 0 Å². The van der Waals surface area contributed by atoms with Crippen LogP contribution in [0, 0.1) is 23.7 Å². The number of nitrogens with one attached hydrogen (secondary N) is 1. The van der Waals surface area contributed by atoms with E-state index in [0.29, 0.717) is 18.1 Å². The van der Waals surface area contributed by atoms with E-state index in [9.17, 15) is 0 Å². The third-order valence-electron chi connectivity index (χ3n) is 4.26. The molecule has 1 saturated heterocycles. The molecule has 1 N–H and O–H groups in total. The smallest absolute Gasteiger partial charge is 0.0689 e. The highest BCUT2D eigenvalue weighted by Gasteiger charge is 2.59. The summed E-state index contributed by atoms with van der Waals surface area (Å²) in [5, 5.41) is 3.65. The van der Waals surface area contributed by atoms with Crippen LogP contribution >= 0.6 is 0 Å². The molecule has 0 aromatic carbocycles. The number of hydrogen-bond donors (Lipinski definition) is 1. The first-order valence-corrected chi connectivity index (χ1v) is 6.45. The molecule has 2 nitrogen and oxygen atoms in total. The third-order valence-corrected chi connectivity index (χ3v) is 4.26. The zero-order valence-corrected chi connectivity index (χ0v) is 10.6. The second-order valence-electron chi connectivity index (χ2n) is 5.72. The van der Waals surface area contributed by atoms with Gasteiger partial charge in [-0.3, -0.25) is 5.32 Å². The fourth-order valence-corrected chi connectivity index (χ4v) is 3.38. The Labute approximate surface area is 99.1 Å². The van der Waals surface area contributed by atoms with E-state index < -0.39 is 0 Å². The maximum atomic E-state index is 5.78. The largest absolute Gasteiger partial charge is 0.377 e. The SMILES string of the molecule is C#CC(CCC)NC1C2CCOC2C1(C)C. The van der Waals surface area contributed by atoms with Crippen LogP contribution in [0.3, 0.4) is 0 Å². The van der Waals surface area contributed by atoms with E-state index in [-0.39, 0.29) is 11.5 Å². The second kappa shape index (κ2) is 4.39. The number of terminal acetylenes is 1. The average Bonchev–Trinajstić information content (AvgIpc) is 2.70. The molecule has 4 unspecified atom stereocenters. The summed E-state index contributed by atoms with van der Waals surface area (Å²) in [5.41, 5.74) is 0.240. The average molecular weight is 221 g/mol. The third kappa shape index (κ3) is 1.77. The van der Waals surface area contributed by atoms with Crippen molar-refractivity contribution in [2.24, 2.45) is 11.3 Å². The van der Waals surface area contributed by atoms with Gasteiger partial charge in [0.05, 0.1) is 12.1 Å². The van der Waals surface area contributed by atoms with Crippen LogP contribution in [0.25, 0.3) is 0 Å². The van der Waals surface area contributed by atoms with E-state index >= 15 is 0 Å². The lowest BCUT2D eigenvalue weighted by molar-refractivity contribution is -0.114. The van der Waals surface area contributed by atoms with Gasteiger partial charge in [0.25, 0.3) is 0 Å². The van der Waals surface area contributed by atoms with E-state index in [4.69, 9.17) is 11.2 Å². The van der Waals surface area contributed by atoms with Gasteiger partial charge in [-0.1, -0.05) is 33.1 Å². The van der Waals surface area contributed by atoms with Gasteiger partial charge >= 0.3 is 0 Å². The Morgan fingerprint density at radius 2 is 2.31 bits per heavy atom. The van der Waals surface area contributed by atoms with Gasteiger partial charge in [0.2, 0.25) is 0 Å². The molecule has 1 saturated carbocycles. The van der Waals surface area contributed by atoms with E-state index in [1.165, 1.54) is 6.42 Å². The Bertz CT molecular complexity index is 292. The van der Waals surface area contributed by atoms with Crippen molar-refractivity contribution >= 4 is 0 Å². The van der Waals surface area contributed by atoms with Crippen molar-refractivity contribution in [3.05, 3.63) is 0 Å². The fraction of sp³-hybridized carbons (Fsp3) is 0.857. The van der Waals surface area contributed by atoms with Crippen LogP contribution in [0.15, 0.2) is 0 Å². The standard InChI is InChI=1S/C14H23NO/c1-5-7-10(6-2)15-12-11-8-9-16-13(11)14(12,3)4/h2,10-13,15H,5,7-9H2,1,3-4H3. The summed E-state index contributed by atoms with van der Waals surface area (Å²) in [6.07, 6.45) is 9.42. The molecule has 2 fully saturated rings. The van der Waals surface area contributed by atoms with Gasteiger partial charge in [0, 0.05) is 24.0 Å². The van der Waals surface area contributed by atoms with E-state index in [1.807, 2.05) is 0 Å². The molecule has 2 aliphatic rings. The maximum absolute atomic E-state index is 5.78. The normalized spacial score (nSPS) is 37.2. The number of ether oxygens (including phenoxy) is 1. The van der Waals surface area contributed by atoms with Crippen LogP contribution in [-0.2, 0) is 4.74 Å². The van der Waals surface area contributed by atoms with Crippen LogP contribution in [-0.4, -0.2) is 24.8 Å². The molecule has 2 heteroatoms. The first-order valence-electron chi connectivity index (χ1n) is 6.45. The van der Waals surface area contributed by atoms with Crippen molar-refractivity contribution in [1.29, 1.82) is 0 Å².